The second-order valence-electron chi connectivity index (χ2n) is 6.17. The van der Waals surface area contributed by atoms with E-state index in [1.807, 2.05) is 4.57 Å². The molecule has 23 heavy (non-hydrogen) atoms. The first-order chi connectivity index (χ1) is 11.2. The highest BCUT2D eigenvalue weighted by Gasteiger charge is 2.44. The number of aromatic amines is 1. The van der Waals surface area contributed by atoms with Crippen LogP contribution in [0, 0.1) is 0 Å². The van der Waals surface area contributed by atoms with E-state index >= 15 is 0 Å². The van der Waals surface area contributed by atoms with Crippen molar-refractivity contribution in [3.05, 3.63) is 35.9 Å². The smallest absolute Gasteiger partial charge is 0.287 e. The first-order valence-corrected chi connectivity index (χ1v) is 7.81. The molecule has 120 valence electrons. The van der Waals surface area contributed by atoms with Crippen LogP contribution in [0.1, 0.15) is 46.2 Å². The number of imidazole rings is 2. The molecule has 3 N–H and O–H groups in total. The molecule has 1 aliphatic heterocycles. The molecule has 0 saturated heterocycles. The molecular weight excluding hydrogens is 296 g/mol. The summed E-state index contributed by atoms with van der Waals surface area (Å²) in [6.07, 6.45) is 8.44. The van der Waals surface area contributed by atoms with Crippen LogP contribution in [0.4, 0.5) is 0 Å². The molecule has 8 heteroatoms. The molecule has 2 aromatic rings. The summed E-state index contributed by atoms with van der Waals surface area (Å²) in [4.78, 5) is 35.4. The van der Waals surface area contributed by atoms with Crippen molar-refractivity contribution in [3.8, 4) is 0 Å². The molecule has 0 aromatic carbocycles. The second-order valence-corrected chi connectivity index (χ2v) is 6.17. The van der Waals surface area contributed by atoms with Crippen LogP contribution in [0.2, 0.25) is 0 Å². The lowest BCUT2D eigenvalue weighted by atomic mass is 10.2. The van der Waals surface area contributed by atoms with E-state index in [-0.39, 0.29) is 23.2 Å². The fourth-order valence-electron chi connectivity index (χ4n) is 2.97. The zero-order valence-corrected chi connectivity index (χ0v) is 12.6. The summed E-state index contributed by atoms with van der Waals surface area (Å²) < 4.78 is 1.97. The van der Waals surface area contributed by atoms with Gasteiger partial charge in [-0.25, -0.2) is 9.97 Å². The maximum absolute atomic E-state index is 12.4. The van der Waals surface area contributed by atoms with Crippen LogP contribution in [0.5, 0.6) is 0 Å². The minimum Gasteiger partial charge on any atom is -0.348 e. The van der Waals surface area contributed by atoms with E-state index in [4.69, 9.17) is 0 Å². The molecule has 4 rings (SSSR count). The molecule has 1 aliphatic carbocycles. The summed E-state index contributed by atoms with van der Waals surface area (Å²) in [5.41, 5.74) is 0.249. The fraction of sp³-hybridized carbons (Fsp3) is 0.467. The van der Waals surface area contributed by atoms with Crippen molar-refractivity contribution < 1.29 is 9.59 Å². The van der Waals surface area contributed by atoms with Crippen LogP contribution in [0.3, 0.4) is 0 Å². The summed E-state index contributed by atoms with van der Waals surface area (Å²) in [5.74, 6) is 0.884. The van der Waals surface area contributed by atoms with Gasteiger partial charge in [0.25, 0.3) is 11.8 Å². The Hall–Kier alpha value is -2.64. The summed E-state index contributed by atoms with van der Waals surface area (Å²) in [6, 6.07) is 0. The molecular formula is C15H18N6O2. The van der Waals surface area contributed by atoms with E-state index in [2.05, 4.69) is 25.6 Å². The number of H-pyrrole nitrogens is 1. The molecule has 8 nitrogen and oxygen atoms in total. The Kier molecular flexibility index (Phi) is 3.17. The monoisotopic (exact) mass is 314 g/mol. The van der Waals surface area contributed by atoms with E-state index in [9.17, 15) is 9.59 Å². The average Bonchev–Trinajstić information content (AvgIpc) is 3.00. The predicted octanol–water partition coefficient (Wildman–Crippen LogP) is 0.245. The van der Waals surface area contributed by atoms with Crippen LogP contribution >= 0.6 is 0 Å². The summed E-state index contributed by atoms with van der Waals surface area (Å²) in [5, 5.41) is 5.88. The number of carbonyl (C=O) groups is 2. The topological polar surface area (TPSA) is 105 Å². The van der Waals surface area contributed by atoms with Crippen LogP contribution in [0.15, 0.2) is 18.6 Å². The third-order valence-electron chi connectivity index (χ3n) is 4.49. The standard InChI is InChI=1S/C15H18N6O2/c22-13(10-8-18-11-2-1-7-21(10)11)19-9-15(3-4-15)20-14(23)12-16-5-6-17-12/h5-6,8H,1-4,7,9H2,(H,16,17)(H,19,22)(H,20,23). The highest BCUT2D eigenvalue weighted by molar-refractivity contribution is 5.93. The number of aromatic nitrogens is 4. The number of hydrogen-bond donors (Lipinski definition) is 3. The van der Waals surface area contributed by atoms with Gasteiger partial charge in [0.1, 0.15) is 11.5 Å². The second kappa shape index (κ2) is 5.22. The minimum atomic E-state index is -0.354. The van der Waals surface area contributed by atoms with Gasteiger partial charge in [-0.15, -0.1) is 0 Å². The number of aryl methyl sites for hydroxylation is 1. The van der Waals surface area contributed by atoms with Gasteiger partial charge in [0.2, 0.25) is 0 Å². The van der Waals surface area contributed by atoms with Crippen molar-refractivity contribution in [3.63, 3.8) is 0 Å². The van der Waals surface area contributed by atoms with Crippen LogP contribution in [0.25, 0.3) is 0 Å². The Labute approximate surface area is 132 Å². The molecule has 0 bridgehead atoms. The Bertz CT molecular complexity index is 744. The largest absolute Gasteiger partial charge is 0.348 e. The minimum absolute atomic E-state index is 0.135. The number of carbonyl (C=O) groups excluding carboxylic acids is 2. The quantitative estimate of drug-likeness (QED) is 0.735. The molecule has 2 aliphatic rings. The first-order valence-electron chi connectivity index (χ1n) is 7.81. The van der Waals surface area contributed by atoms with Crippen LogP contribution < -0.4 is 10.6 Å². The van der Waals surface area contributed by atoms with Gasteiger partial charge in [0.05, 0.1) is 11.7 Å². The van der Waals surface area contributed by atoms with Gasteiger partial charge in [-0.2, -0.15) is 0 Å². The van der Waals surface area contributed by atoms with Crippen molar-refractivity contribution in [2.75, 3.05) is 6.54 Å². The summed E-state index contributed by atoms with van der Waals surface area (Å²) in [6.45, 7) is 1.26. The lowest BCUT2D eigenvalue weighted by molar-refractivity contribution is 0.0893. The highest BCUT2D eigenvalue weighted by atomic mass is 16.2. The lowest BCUT2D eigenvalue weighted by Gasteiger charge is -2.17. The van der Waals surface area contributed by atoms with Crippen molar-refractivity contribution in [2.45, 2.75) is 37.8 Å². The zero-order chi connectivity index (χ0) is 15.9. The van der Waals surface area contributed by atoms with E-state index in [1.165, 1.54) is 6.20 Å². The number of rotatable bonds is 5. The Morgan fingerprint density at radius 2 is 2.17 bits per heavy atom. The molecule has 0 atom stereocenters. The first kappa shape index (κ1) is 14.0. The number of nitrogens with zero attached hydrogens (tertiary/aromatic N) is 3. The summed E-state index contributed by atoms with van der Waals surface area (Å²) >= 11 is 0. The van der Waals surface area contributed by atoms with Crippen molar-refractivity contribution in [2.24, 2.45) is 0 Å². The van der Waals surface area contributed by atoms with Gasteiger partial charge in [-0.05, 0) is 19.3 Å². The summed E-state index contributed by atoms with van der Waals surface area (Å²) in [7, 11) is 0. The van der Waals surface area contributed by atoms with Gasteiger partial charge >= 0.3 is 0 Å². The molecule has 3 heterocycles. The number of amides is 2. The van der Waals surface area contributed by atoms with Gasteiger partial charge < -0.3 is 20.2 Å². The normalized spacial score (nSPS) is 17.6. The molecule has 0 spiro atoms. The molecule has 1 fully saturated rings. The molecule has 2 amide bonds. The van der Waals surface area contributed by atoms with Gasteiger partial charge in [-0.1, -0.05) is 0 Å². The Morgan fingerprint density at radius 3 is 2.91 bits per heavy atom. The van der Waals surface area contributed by atoms with E-state index in [0.29, 0.717) is 12.2 Å². The number of nitrogens with one attached hydrogen (secondary N) is 3. The number of hydrogen-bond acceptors (Lipinski definition) is 4. The number of fused-ring (bicyclic) bond motifs is 1. The molecule has 1 saturated carbocycles. The van der Waals surface area contributed by atoms with E-state index < -0.39 is 0 Å². The van der Waals surface area contributed by atoms with Gasteiger partial charge in [-0.3, -0.25) is 9.59 Å². The molecule has 0 unspecified atom stereocenters. The fourth-order valence-corrected chi connectivity index (χ4v) is 2.97. The van der Waals surface area contributed by atoms with Crippen LogP contribution in [-0.2, 0) is 13.0 Å². The van der Waals surface area contributed by atoms with Crippen molar-refractivity contribution in [1.29, 1.82) is 0 Å². The Balaban J connectivity index is 1.37. The maximum atomic E-state index is 12.4. The maximum Gasteiger partial charge on any atom is 0.287 e. The van der Waals surface area contributed by atoms with Gasteiger partial charge in [0.15, 0.2) is 5.82 Å². The molecule has 2 aromatic heterocycles. The van der Waals surface area contributed by atoms with Gasteiger partial charge in [0, 0.05) is 31.9 Å². The Morgan fingerprint density at radius 1 is 1.30 bits per heavy atom. The average molecular weight is 314 g/mol. The third kappa shape index (κ3) is 2.60. The predicted molar refractivity (Wildman–Crippen MR) is 80.9 cm³/mol. The highest BCUT2D eigenvalue weighted by Crippen LogP contribution is 2.34. The van der Waals surface area contributed by atoms with Crippen LogP contribution in [-0.4, -0.2) is 43.4 Å². The lowest BCUT2D eigenvalue weighted by Crippen LogP contribution is -2.46. The third-order valence-corrected chi connectivity index (χ3v) is 4.49. The molecule has 0 radical (unpaired) electrons. The van der Waals surface area contributed by atoms with E-state index in [1.54, 1.807) is 12.4 Å². The van der Waals surface area contributed by atoms with Crippen molar-refractivity contribution in [1.82, 2.24) is 30.2 Å². The zero-order valence-electron chi connectivity index (χ0n) is 12.6. The van der Waals surface area contributed by atoms with E-state index in [0.717, 1.165) is 38.1 Å². The van der Waals surface area contributed by atoms with Crippen molar-refractivity contribution >= 4 is 11.8 Å². The SMILES string of the molecule is O=C(NC1(CNC(=O)c2cnc3n2CCC3)CC1)c1ncc[nH]1.